The van der Waals surface area contributed by atoms with Gasteiger partial charge in [0.2, 0.25) is 0 Å². The molecule has 2 aliphatic rings. The Balaban J connectivity index is 0.000000161. The zero-order valence-corrected chi connectivity index (χ0v) is 16.6. The molecule has 2 fully saturated rings. The van der Waals surface area contributed by atoms with Gasteiger partial charge in [-0.1, -0.05) is 38.5 Å². The van der Waals surface area contributed by atoms with Crippen LogP contribution in [0.3, 0.4) is 0 Å². The number of rotatable bonds is 4. The second-order valence-corrected chi connectivity index (χ2v) is 7.97. The van der Waals surface area contributed by atoms with Crippen molar-refractivity contribution in [3.05, 3.63) is 60.2 Å². The van der Waals surface area contributed by atoms with Crippen LogP contribution < -0.4 is 10.6 Å². The highest BCUT2D eigenvalue weighted by atomic mass is 19.1. The van der Waals surface area contributed by atoms with Crippen molar-refractivity contribution in [2.24, 2.45) is 0 Å². The quantitative estimate of drug-likeness (QED) is 0.583. The standard InChI is InChI=1S/2C12H16FN/c2*13-10-6-8-12(9-7-10)14-11-4-2-1-3-5-11/h2*6-9,11,14H,1-5H2. The first-order chi connectivity index (χ1) is 13.7. The molecular formula is C24H32F2N2. The van der Waals surface area contributed by atoms with E-state index in [9.17, 15) is 8.78 Å². The zero-order valence-electron chi connectivity index (χ0n) is 16.6. The van der Waals surface area contributed by atoms with Crippen molar-refractivity contribution in [3.8, 4) is 0 Å². The largest absolute Gasteiger partial charge is 0.382 e. The van der Waals surface area contributed by atoms with Crippen molar-refractivity contribution in [2.75, 3.05) is 10.6 Å². The van der Waals surface area contributed by atoms with E-state index in [1.807, 2.05) is 24.3 Å². The molecule has 4 rings (SSSR count). The smallest absolute Gasteiger partial charge is 0.123 e. The minimum atomic E-state index is -0.167. The minimum absolute atomic E-state index is 0.167. The van der Waals surface area contributed by atoms with Gasteiger partial charge in [0.15, 0.2) is 0 Å². The van der Waals surface area contributed by atoms with Gasteiger partial charge in [-0.3, -0.25) is 0 Å². The Morgan fingerprint density at radius 2 is 0.821 bits per heavy atom. The Labute approximate surface area is 167 Å². The van der Waals surface area contributed by atoms with Crippen molar-refractivity contribution in [2.45, 2.75) is 76.3 Å². The maximum atomic E-state index is 12.6. The summed E-state index contributed by atoms with van der Waals surface area (Å²) in [4.78, 5) is 0. The van der Waals surface area contributed by atoms with Gasteiger partial charge < -0.3 is 10.6 Å². The Bertz CT molecular complexity index is 611. The molecule has 2 N–H and O–H groups in total. The number of benzene rings is 2. The van der Waals surface area contributed by atoms with Crippen LogP contribution in [-0.4, -0.2) is 12.1 Å². The molecule has 0 spiro atoms. The van der Waals surface area contributed by atoms with Crippen LogP contribution in [0.15, 0.2) is 48.5 Å². The van der Waals surface area contributed by atoms with Gasteiger partial charge in [-0.05, 0) is 74.2 Å². The molecule has 0 radical (unpaired) electrons. The third-order valence-corrected chi connectivity index (χ3v) is 5.64. The number of anilines is 2. The summed E-state index contributed by atoms with van der Waals surface area (Å²) in [6.45, 7) is 0. The third-order valence-electron chi connectivity index (χ3n) is 5.64. The summed E-state index contributed by atoms with van der Waals surface area (Å²) >= 11 is 0. The molecule has 152 valence electrons. The minimum Gasteiger partial charge on any atom is -0.382 e. The lowest BCUT2D eigenvalue weighted by Gasteiger charge is -2.23. The zero-order chi connectivity index (χ0) is 19.6. The average molecular weight is 387 g/mol. The van der Waals surface area contributed by atoms with Crippen LogP contribution in [0, 0.1) is 11.6 Å². The number of nitrogens with one attached hydrogen (secondary N) is 2. The fourth-order valence-electron chi connectivity index (χ4n) is 4.06. The van der Waals surface area contributed by atoms with E-state index in [-0.39, 0.29) is 11.6 Å². The monoisotopic (exact) mass is 386 g/mol. The van der Waals surface area contributed by atoms with Crippen LogP contribution in [-0.2, 0) is 0 Å². The van der Waals surface area contributed by atoms with Crippen molar-refractivity contribution in [1.29, 1.82) is 0 Å². The summed E-state index contributed by atoms with van der Waals surface area (Å²) in [5, 5.41) is 6.88. The molecule has 0 unspecified atom stereocenters. The fourth-order valence-corrected chi connectivity index (χ4v) is 4.06. The van der Waals surface area contributed by atoms with Gasteiger partial charge in [-0.25, -0.2) is 8.78 Å². The molecule has 0 atom stereocenters. The van der Waals surface area contributed by atoms with Crippen LogP contribution in [0.1, 0.15) is 64.2 Å². The first-order valence-electron chi connectivity index (χ1n) is 10.7. The Morgan fingerprint density at radius 3 is 1.14 bits per heavy atom. The summed E-state index contributed by atoms with van der Waals surface area (Å²) in [7, 11) is 0. The first kappa shape index (κ1) is 20.6. The summed E-state index contributed by atoms with van der Waals surface area (Å²) in [5.41, 5.74) is 2.08. The molecule has 2 aromatic carbocycles. The van der Waals surface area contributed by atoms with Crippen LogP contribution >= 0.6 is 0 Å². The van der Waals surface area contributed by atoms with Crippen molar-refractivity contribution >= 4 is 11.4 Å². The molecule has 0 saturated heterocycles. The predicted molar refractivity (Wildman–Crippen MR) is 114 cm³/mol. The molecule has 0 aliphatic heterocycles. The highest BCUT2D eigenvalue weighted by Gasteiger charge is 2.13. The SMILES string of the molecule is Fc1ccc(NC2CCCCC2)cc1.Fc1ccc(NC2CCCCC2)cc1. The van der Waals surface area contributed by atoms with Crippen LogP contribution in [0.25, 0.3) is 0 Å². The van der Waals surface area contributed by atoms with E-state index in [0.717, 1.165) is 11.4 Å². The molecule has 0 aromatic heterocycles. The van der Waals surface area contributed by atoms with Gasteiger partial charge in [0.05, 0.1) is 0 Å². The average Bonchev–Trinajstić information content (AvgIpc) is 2.74. The van der Waals surface area contributed by atoms with Gasteiger partial charge in [-0.15, -0.1) is 0 Å². The molecular weight excluding hydrogens is 354 g/mol. The normalized spacial score (nSPS) is 18.1. The highest BCUT2D eigenvalue weighted by molar-refractivity contribution is 5.44. The Kier molecular flexibility index (Phi) is 8.13. The fraction of sp³-hybridized carbons (Fsp3) is 0.500. The van der Waals surface area contributed by atoms with E-state index in [1.165, 1.54) is 88.5 Å². The van der Waals surface area contributed by atoms with E-state index >= 15 is 0 Å². The van der Waals surface area contributed by atoms with E-state index in [1.54, 1.807) is 0 Å². The van der Waals surface area contributed by atoms with Gasteiger partial charge in [0.25, 0.3) is 0 Å². The Hall–Kier alpha value is -2.10. The summed E-state index contributed by atoms with van der Waals surface area (Å²) < 4.78 is 25.3. The lowest BCUT2D eigenvalue weighted by molar-refractivity contribution is 0.462. The van der Waals surface area contributed by atoms with Gasteiger partial charge >= 0.3 is 0 Å². The van der Waals surface area contributed by atoms with E-state index in [0.29, 0.717) is 12.1 Å². The number of hydrogen-bond donors (Lipinski definition) is 2. The molecule has 4 heteroatoms. The lowest BCUT2D eigenvalue weighted by Crippen LogP contribution is -2.22. The second kappa shape index (κ2) is 11.0. The summed E-state index contributed by atoms with van der Waals surface area (Å²) in [6.07, 6.45) is 13.0. The van der Waals surface area contributed by atoms with E-state index < -0.39 is 0 Å². The topological polar surface area (TPSA) is 24.1 Å². The van der Waals surface area contributed by atoms with E-state index in [4.69, 9.17) is 0 Å². The molecule has 0 bridgehead atoms. The summed E-state index contributed by atoms with van der Waals surface area (Å²) in [6, 6.07) is 14.4. The van der Waals surface area contributed by atoms with Crippen molar-refractivity contribution < 1.29 is 8.78 Å². The first-order valence-corrected chi connectivity index (χ1v) is 10.7. The molecule has 0 heterocycles. The maximum absolute atomic E-state index is 12.6. The number of halogens is 2. The van der Waals surface area contributed by atoms with Crippen molar-refractivity contribution in [1.82, 2.24) is 0 Å². The maximum Gasteiger partial charge on any atom is 0.123 e. The van der Waals surface area contributed by atoms with Gasteiger partial charge in [0.1, 0.15) is 11.6 Å². The number of hydrogen-bond acceptors (Lipinski definition) is 2. The van der Waals surface area contributed by atoms with Crippen molar-refractivity contribution in [3.63, 3.8) is 0 Å². The molecule has 28 heavy (non-hydrogen) atoms. The van der Waals surface area contributed by atoms with E-state index in [2.05, 4.69) is 10.6 Å². The Morgan fingerprint density at radius 1 is 0.500 bits per heavy atom. The molecule has 2 saturated carbocycles. The molecule has 2 aliphatic carbocycles. The predicted octanol–water partition coefficient (Wildman–Crippen LogP) is 7.14. The van der Waals surface area contributed by atoms with Gasteiger partial charge in [0, 0.05) is 23.5 Å². The third kappa shape index (κ3) is 7.14. The van der Waals surface area contributed by atoms with Crippen LogP contribution in [0.2, 0.25) is 0 Å². The van der Waals surface area contributed by atoms with Gasteiger partial charge in [-0.2, -0.15) is 0 Å². The molecule has 2 nitrogen and oxygen atoms in total. The molecule has 2 aromatic rings. The van der Waals surface area contributed by atoms with Crippen LogP contribution in [0.4, 0.5) is 20.2 Å². The van der Waals surface area contributed by atoms with Crippen LogP contribution in [0.5, 0.6) is 0 Å². The second-order valence-electron chi connectivity index (χ2n) is 7.97. The lowest BCUT2D eigenvalue weighted by atomic mass is 9.95. The summed E-state index contributed by atoms with van der Waals surface area (Å²) in [5.74, 6) is -0.335. The molecule has 0 amide bonds. The highest BCUT2D eigenvalue weighted by Crippen LogP contribution is 2.22.